The van der Waals surface area contributed by atoms with Gasteiger partial charge in [0.05, 0.1) is 6.04 Å². The van der Waals surface area contributed by atoms with E-state index in [1.165, 1.54) is 56.2 Å². The van der Waals surface area contributed by atoms with Crippen LogP contribution in [0.1, 0.15) is 99.8 Å². The summed E-state index contributed by atoms with van der Waals surface area (Å²) in [6.07, 6.45) is -5.23. The van der Waals surface area contributed by atoms with Crippen molar-refractivity contribution in [3.8, 4) is 34.5 Å². The lowest BCUT2D eigenvalue weighted by Gasteiger charge is -2.37. The first kappa shape index (κ1) is 115. The Balaban J connectivity index is 0.000000234. The molecule has 140 heavy (non-hydrogen) atoms. The van der Waals surface area contributed by atoms with E-state index in [1.807, 2.05) is 65.6 Å². The number of hydrogen-bond donors (Lipinski definition) is 9. The molecule has 7 amide bonds. The van der Waals surface area contributed by atoms with Gasteiger partial charge in [-0.05, 0) is 205 Å². The fourth-order valence-electron chi connectivity index (χ4n) is 13.7. The molecule has 0 aliphatic carbocycles. The number of nitrogens with zero attached hydrogens (tertiary/aromatic N) is 5. The van der Waals surface area contributed by atoms with Crippen LogP contribution >= 0.6 is 0 Å². The minimum atomic E-state index is -4.94. The number of anilines is 3. The quantitative estimate of drug-likeness (QED) is 0.00824. The van der Waals surface area contributed by atoms with E-state index in [4.69, 9.17) is 43.1 Å². The highest BCUT2D eigenvalue weighted by Crippen LogP contribution is 2.42. The lowest BCUT2D eigenvalue weighted by Crippen LogP contribution is -2.51. The first-order chi connectivity index (χ1) is 64.9. The van der Waals surface area contributed by atoms with Crippen molar-refractivity contribution in [3.05, 3.63) is 162 Å². The number of carboxylic acid groups (broad SMARTS) is 2. The summed E-state index contributed by atoms with van der Waals surface area (Å²) in [5.74, 6) is -1.83. The second-order valence-electron chi connectivity index (χ2n) is 41.0. The SMILES string of the molecule is CC(C)(C)[Si](C)(C)Oc1ccc(N2CCNCC2)cc1.CNC(=O)C(Cc1ccc(OS(=O)(=O)[O-])cc1)NC(=O)[C@@H]1O[C@@H]1C(=O)N1CCN(c2ccc(OS(=O)(=O)[O-])cc2)CC1.CNC(=O)C(Cc1ccc(O[Si](C)(C)C(C)(C)C)cc1)NC(=O)[C@@H]1O[C@@H]1C(=O)N1CCN(c2ccc(O[Si](C)(C)C(C)(C)C)cc2)CC1.CNC(=O)C(N)Cc1ccc(O[Si](C)(C)C(C)(C)C)cc1.O=C(O)[C@H]1O[C@H]1C(=O)O. The van der Waals surface area contributed by atoms with Crippen molar-refractivity contribution in [3.63, 3.8) is 0 Å². The second-order valence-corrected chi connectivity index (χ2v) is 61.9. The van der Waals surface area contributed by atoms with Crippen LogP contribution in [0.15, 0.2) is 146 Å². The van der Waals surface area contributed by atoms with Gasteiger partial charge in [0.1, 0.15) is 46.6 Å². The number of hydrogen-bond acceptors (Lipinski definition) is 29. The Kier molecular flexibility index (Phi) is 39.2. The fourth-order valence-corrected chi connectivity index (χ4v) is 18.5. The molecule has 3 unspecified atom stereocenters. The molecule has 772 valence electrons. The molecule has 6 heterocycles. The van der Waals surface area contributed by atoms with Crippen LogP contribution in [-0.4, -0.2) is 287 Å². The number of likely N-dealkylation sites (N-methyl/N-ethyl adjacent to an activating group) is 3. The molecule has 9 atom stereocenters. The first-order valence-electron chi connectivity index (χ1n) is 46.5. The molecule has 0 bridgehead atoms. The minimum absolute atomic E-state index is 0.0168. The molecule has 6 aliphatic rings. The smallest absolute Gasteiger partial charge is 0.336 e. The van der Waals surface area contributed by atoms with Gasteiger partial charge in [0, 0.05) is 130 Å². The predicted octanol–water partition coefficient (Wildman–Crippen LogP) is 8.69. The first-order valence-corrected chi connectivity index (χ1v) is 60.8. The molecular formula is C96H142N12O26S2Si4-2. The lowest BCUT2D eigenvalue weighted by molar-refractivity contribution is -0.140. The Hall–Kier alpha value is -10.8. The number of carbonyl (C=O) groups is 9. The van der Waals surface area contributed by atoms with Crippen LogP contribution in [-0.2, 0) is 97.4 Å². The Labute approximate surface area is 827 Å². The molecule has 6 fully saturated rings. The monoisotopic (exact) mass is 2050 g/mol. The summed E-state index contributed by atoms with van der Waals surface area (Å²) in [6, 6.07) is 41.2. The van der Waals surface area contributed by atoms with Gasteiger partial charge < -0.3 is 122 Å². The van der Waals surface area contributed by atoms with Crippen LogP contribution in [0.5, 0.6) is 34.5 Å². The van der Waals surface area contributed by atoms with Crippen molar-refractivity contribution >= 4 is 124 Å². The molecular weight excluding hydrogens is 1910 g/mol. The third-order valence-corrected chi connectivity index (χ3v) is 44.7. The van der Waals surface area contributed by atoms with Crippen LogP contribution in [0.2, 0.25) is 72.5 Å². The summed E-state index contributed by atoms with van der Waals surface area (Å²) in [5.41, 5.74) is 11.4. The minimum Gasteiger partial charge on any atom is -0.716 e. The zero-order valence-electron chi connectivity index (χ0n) is 84.5. The molecule has 6 aliphatic heterocycles. The van der Waals surface area contributed by atoms with Gasteiger partial charge in [0.2, 0.25) is 51.0 Å². The topological polar surface area (TPSA) is 516 Å². The Bertz CT molecular complexity index is 5420. The van der Waals surface area contributed by atoms with Gasteiger partial charge in [-0.15, -0.1) is 0 Å². The van der Waals surface area contributed by atoms with Crippen LogP contribution in [0.3, 0.4) is 0 Å². The van der Waals surface area contributed by atoms with Crippen molar-refractivity contribution in [1.82, 2.24) is 41.7 Å². The molecule has 6 saturated heterocycles. The van der Waals surface area contributed by atoms with E-state index >= 15 is 0 Å². The summed E-state index contributed by atoms with van der Waals surface area (Å²) in [5, 5.41) is 33.2. The molecule has 0 aromatic heterocycles. The van der Waals surface area contributed by atoms with Crippen molar-refractivity contribution < 1.29 is 120 Å². The normalized spacial score (nSPS) is 19.0. The number of amides is 7. The zero-order chi connectivity index (χ0) is 104. The lowest BCUT2D eigenvalue weighted by atomic mass is 10.0. The average molecular weight is 2060 g/mol. The van der Waals surface area contributed by atoms with Crippen LogP contribution in [0.4, 0.5) is 17.1 Å². The number of aliphatic carboxylic acids is 2. The standard InChI is InChI=1S/C36H56N4O6Si2.C24H28N4O12S2.C16H28N2O2Si.C16H28N2OSi.C4H4O5/c1-35(2,3)47(8,9)45-27-16-12-25(13-17-27)24-29(32(41)37-7)38-33(42)30-31(44-30)34(43)40-22-20-39(21-23-40)26-14-18-28(19-15-26)46-48(10,11)36(4,5)6;1-25-22(29)19(14-15-2-6-17(7-3-15)39-41(32,33)34)26-23(30)20-21(38-20)24(31)28-12-10-27(11-13-28)16-4-8-18(9-5-16)40-42(35,36)37;1-16(2,3)21(5,6)20-13-9-7-12(8-10-13)11-14(17)15(19)18-4;1-16(2,3)20(4,5)19-15-8-6-14(7-9-15)18-12-10-17-11-13-18;5-3(6)1-2(9-1)4(7)8/h12-19,29-31H,20-24H2,1-11H3,(H,37,41)(H,38,42);2-9,19-21H,10-14H2,1H3,(H,25,29)(H,26,30)(H,32,33,34)(H,35,36,37);7-10,14H,11,17H2,1-6H3,(H,18,19);6-9,17H,10-13H2,1-5H3;1-2H,(H,5,6)(H,7,8)/p-2/t29?,30-,31+;19?,20-,21+;;;1-,2+/m11.../s1. The summed E-state index contributed by atoms with van der Waals surface area (Å²) in [4.78, 5) is 118. The molecule has 0 spiro atoms. The third kappa shape index (κ3) is 34.3. The fraction of sp³-hybridized carbons (Fsp3) is 0.531. The number of carbonyl (C=O) groups excluding carboxylic acids is 7. The van der Waals surface area contributed by atoms with Crippen molar-refractivity contribution in [2.75, 3.05) is 114 Å². The highest BCUT2D eigenvalue weighted by Gasteiger charge is 2.55. The molecule has 44 heteroatoms. The number of nitrogens with one attached hydrogen (secondary N) is 6. The van der Waals surface area contributed by atoms with E-state index in [9.17, 15) is 69.1 Å². The molecule has 6 aromatic carbocycles. The van der Waals surface area contributed by atoms with Gasteiger partial charge in [-0.1, -0.05) is 119 Å². The molecule has 12 rings (SSSR count). The highest BCUT2D eigenvalue weighted by molar-refractivity contribution is 7.81. The van der Waals surface area contributed by atoms with Gasteiger partial charge >= 0.3 is 11.9 Å². The van der Waals surface area contributed by atoms with E-state index in [2.05, 4.69) is 227 Å². The summed E-state index contributed by atoms with van der Waals surface area (Å²) < 4.78 is 113. The predicted molar refractivity (Wildman–Crippen MR) is 540 cm³/mol. The maximum Gasteiger partial charge on any atom is 0.336 e. The third-order valence-electron chi connectivity index (χ3n) is 26.4. The van der Waals surface area contributed by atoms with Gasteiger partial charge in [-0.2, -0.15) is 0 Å². The van der Waals surface area contributed by atoms with E-state index in [-0.39, 0.29) is 61.7 Å². The van der Waals surface area contributed by atoms with Gasteiger partial charge in [-0.25, -0.2) is 26.4 Å². The largest absolute Gasteiger partial charge is 0.716 e. The van der Waals surface area contributed by atoms with E-state index in [0.29, 0.717) is 70.8 Å². The average Bonchev–Trinajstić information content (AvgIpc) is 1.63. The van der Waals surface area contributed by atoms with E-state index in [1.54, 1.807) is 29.0 Å². The highest BCUT2D eigenvalue weighted by atomic mass is 32.3. The number of nitrogens with two attached hydrogens (primary N) is 1. The van der Waals surface area contributed by atoms with Crippen LogP contribution < -0.4 is 78.4 Å². The Morgan fingerprint density at radius 2 is 0.621 bits per heavy atom. The summed E-state index contributed by atoms with van der Waals surface area (Å²) in [6.45, 7) is 52.9. The summed E-state index contributed by atoms with van der Waals surface area (Å²) >= 11 is 0. The van der Waals surface area contributed by atoms with Gasteiger partial charge in [0.25, 0.3) is 44.4 Å². The van der Waals surface area contributed by atoms with Crippen molar-refractivity contribution in [1.29, 1.82) is 0 Å². The Morgan fingerprint density at radius 1 is 0.379 bits per heavy atom. The number of piperazine rings is 3. The Morgan fingerprint density at radius 3 is 0.871 bits per heavy atom. The van der Waals surface area contributed by atoms with Crippen LogP contribution in [0.25, 0.3) is 0 Å². The molecule has 6 aromatic rings. The molecule has 0 saturated carbocycles. The van der Waals surface area contributed by atoms with Crippen molar-refractivity contribution in [2.24, 2.45) is 5.73 Å². The zero-order valence-corrected chi connectivity index (χ0v) is 90.1. The number of epoxide rings is 3. The van der Waals surface area contributed by atoms with E-state index < -0.39 is 138 Å². The number of rotatable bonds is 32. The van der Waals surface area contributed by atoms with Gasteiger partial charge in [-0.3, -0.25) is 33.6 Å². The maximum atomic E-state index is 13.2. The van der Waals surface area contributed by atoms with Gasteiger partial charge in [0.15, 0.2) is 36.6 Å². The molecule has 0 radical (unpaired) electrons. The second kappa shape index (κ2) is 47.9. The number of ether oxygens (including phenoxy) is 3. The van der Waals surface area contributed by atoms with E-state index in [0.717, 1.165) is 71.7 Å². The number of carboxylic acids is 2. The maximum absolute atomic E-state index is 13.2. The van der Waals surface area contributed by atoms with Crippen molar-refractivity contribution in [2.45, 2.75) is 230 Å². The number of benzene rings is 6. The van der Waals surface area contributed by atoms with Crippen LogP contribution in [0, 0.1) is 0 Å². The summed E-state index contributed by atoms with van der Waals surface area (Å²) in [7, 11) is -12.7. The molecule has 38 nitrogen and oxygen atoms in total. The molecule has 10 N–H and O–H groups in total.